The highest BCUT2D eigenvalue weighted by Gasteiger charge is 2.57. The van der Waals surface area contributed by atoms with Crippen LogP contribution in [0.1, 0.15) is 61.6 Å². The lowest BCUT2D eigenvalue weighted by molar-refractivity contribution is -0.199. The monoisotopic (exact) mass is 645 g/mol. The van der Waals surface area contributed by atoms with Crippen LogP contribution in [-0.4, -0.2) is 87.7 Å². The molecule has 3 fully saturated rings. The van der Waals surface area contributed by atoms with Crippen LogP contribution in [0.15, 0.2) is 36.9 Å². The second-order valence-corrected chi connectivity index (χ2v) is 15.5. The number of hydrogen-bond donors (Lipinski definition) is 0. The van der Waals surface area contributed by atoms with Crippen molar-refractivity contribution in [3.05, 3.63) is 36.9 Å². The summed E-state index contributed by atoms with van der Waals surface area (Å²) < 4.78 is 57.8. The molecule has 3 saturated heterocycles. The second kappa shape index (κ2) is 12.0. The van der Waals surface area contributed by atoms with E-state index in [2.05, 4.69) is 27.0 Å². The Labute approximate surface area is 264 Å². The van der Waals surface area contributed by atoms with Gasteiger partial charge in [-0.1, -0.05) is 12.1 Å². The molecule has 1 aromatic carbocycles. The average Bonchev–Trinajstić information content (AvgIpc) is 3.61. The fraction of sp³-hybridized carbons (Fsp3) is 0.645. The van der Waals surface area contributed by atoms with Crippen molar-refractivity contribution in [1.82, 2.24) is 19.5 Å². The first-order valence-corrected chi connectivity index (χ1v) is 16.8. The van der Waals surface area contributed by atoms with Gasteiger partial charge in [0.15, 0.2) is 17.7 Å². The number of ether oxygens (including phenoxy) is 4. The predicted molar refractivity (Wildman–Crippen MR) is 167 cm³/mol. The average molecular weight is 646 g/mol. The molecule has 13 nitrogen and oxygen atoms in total. The molecule has 246 valence electrons. The third-order valence-electron chi connectivity index (χ3n) is 7.42. The molecular weight excluding hydrogens is 601 g/mol. The number of rotatable bonds is 8. The maximum absolute atomic E-state index is 13.8. The van der Waals surface area contributed by atoms with E-state index in [1.165, 1.54) is 6.33 Å². The molecule has 5 heterocycles. The minimum absolute atomic E-state index is 0.109. The Morgan fingerprint density at radius 2 is 1.67 bits per heavy atom. The van der Waals surface area contributed by atoms with Crippen LogP contribution < -0.4 is 4.90 Å². The summed E-state index contributed by atoms with van der Waals surface area (Å²) in [5.74, 6) is -0.875. The second-order valence-electron chi connectivity index (χ2n) is 14.0. The number of phosphoric acid groups is 1. The largest absolute Gasteiger partial charge is 0.475 e. The topological polar surface area (TPSA) is 129 Å². The van der Waals surface area contributed by atoms with Gasteiger partial charge in [-0.2, -0.15) is 0 Å². The molecular formula is C31H44N5O8P. The lowest BCUT2D eigenvalue weighted by atomic mass is 10.1. The fourth-order valence-electron chi connectivity index (χ4n) is 5.84. The molecule has 4 atom stereocenters. The number of nitrogens with zero attached hydrogens (tertiary/aromatic N) is 5. The zero-order chi connectivity index (χ0) is 32.2. The van der Waals surface area contributed by atoms with E-state index < -0.39 is 49.4 Å². The Hall–Kier alpha value is -2.48. The van der Waals surface area contributed by atoms with E-state index in [0.717, 1.165) is 24.3 Å². The van der Waals surface area contributed by atoms with Crippen LogP contribution in [-0.2, 0) is 37.1 Å². The van der Waals surface area contributed by atoms with Crippen LogP contribution in [0.5, 0.6) is 0 Å². The minimum atomic E-state index is -3.98. The lowest BCUT2D eigenvalue weighted by Gasteiger charge is -2.32. The third-order valence-corrected chi connectivity index (χ3v) is 9.43. The Morgan fingerprint density at radius 1 is 0.978 bits per heavy atom. The van der Waals surface area contributed by atoms with Crippen LogP contribution in [0, 0.1) is 0 Å². The number of fused-ring (bicyclic) bond motifs is 2. The van der Waals surface area contributed by atoms with Gasteiger partial charge < -0.3 is 23.8 Å². The summed E-state index contributed by atoms with van der Waals surface area (Å²) in [4.78, 5) is 16.2. The Bertz CT molecular complexity index is 1540. The standard InChI is InChI=1S/C31H44N5O8P/c1-29(2,3)43-45(37,44-30(4,5)6)39-17-22-25-26(42-31(7,8)41-25)28(40-22)36-19-34-24-23(32-18-33-27(24)36)20-10-9-11-21(16-20)35-12-14-38-15-13-35/h9-11,16,18-19,22,25-26,28H,12-15,17H2,1-8H3/t22-,25-,26-,28?/m1/s1. The number of aromatic nitrogens is 4. The zero-order valence-corrected chi connectivity index (χ0v) is 28.2. The maximum atomic E-state index is 13.8. The number of imidazole rings is 1. The summed E-state index contributed by atoms with van der Waals surface area (Å²) in [6.07, 6.45) is 0.886. The molecule has 1 unspecified atom stereocenters. The fourth-order valence-corrected chi connectivity index (χ4v) is 7.66. The van der Waals surface area contributed by atoms with Crippen LogP contribution >= 0.6 is 7.82 Å². The van der Waals surface area contributed by atoms with Crippen molar-refractivity contribution < 1.29 is 37.1 Å². The summed E-state index contributed by atoms with van der Waals surface area (Å²) in [5, 5.41) is 0. The van der Waals surface area contributed by atoms with Crippen molar-refractivity contribution in [2.75, 3.05) is 37.8 Å². The van der Waals surface area contributed by atoms with Crippen molar-refractivity contribution in [2.45, 2.75) is 96.9 Å². The third kappa shape index (κ3) is 7.26. The van der Waals surface area contributed by atoms with E-state index in [1.807, 2.05) is 30.5 Å². The molecule has 45 heavy (non-hydrogen) atoms. The van der Waals surface area contributed by atoms with Crippen LogP contribution in [0.2, 0.25) is 0 Å². The maximum Gasteiger partial charge on any atom is 0.475 e. The van der Waals surface area contributed by atoms with Gasteiger partial charge >= 0.3 is 7.82 Å². The van der Waals surface area contributed by atoms with Gasteiger partial charge in [0, 0.05) is 24.3 Å². The number of morpholine rings is 1. The zero-order valence-electron chi connectivity index (χ0n) is 27.3. The van der Waals surface area contributed by atoms with Gasteiger partial charge in [-0.3, -0.25) is 18.1 Å². The highest BCUT2D eigenvalue weighted by molar-refractivity contribution is 7.48. The molecule has 0 bridgehead atoms. The number of anilines is 1. The molecule has 0 N–H and O–H groups in total. The predicted octanol–water partition coefficient (Wildman–Crippen LogP) is 5.50. The first kappa shape index (κ1) is 32.5. The quantitative estimate of drug-likeness (QED) is 0.287. The first-order chi connectivity index (χ1) is 21.1. The normalized spacial score (nSPS) is 25.6. The minimum Gasteiger partial charge on any atom is -0.378 e. The van der Waals surface area contributed by atoms with Crippen molar-refractivity contribution in [2.24, 2.45) is 0 Å². The summed E-state index contributed by atoms with van der Waals surface area (Å²) in [6.45, 7) is 17.4. The smallest absolute Gasteiger partial charge is 0.378 e. The van der Waals surface area contributed by atoms with E-state index in [4.69, 9.17) is 37.5 Å². The van der Waals surface area contributed by atoms with Crippen LogP contribution in [0.3, 0.4) is 0 Å². The molecule has 0 aliphatic carbocycles. The van der Waals surface area contributed by atoms with Gasteiger partial charge in [0.1, 0.15) is 35.8 Å². The van der Waals surface area contributed by atoms with E-state index in [0.29, 0.717) is 30.1 Å². The molecule has 0 spiro atoms. The lowest BCUT2D eigenvalue weighted by Crippen LogP contribution is -2.36. The summed E-state index contributed by atoms with van der Waals surface area (Å²) in [7, 11) is -3.98. The highest BCUT2D eigenvalue weighted by Crippen LogP contribution is 2.56. The SMILES string of the molecule is CC(C)(C)OP(=O)(OC[C@H]1OC(n2cnc3c(-c4cccc(N5CCOCC5)c4)ncnc32)[C@@H]2OC(C)(C)O[C@H]12)OC(C)(C)C. The summed E-state index contributed by atoms with van der Waals surface area (Å²) in [6, 6.07) is 8.26. The molecule has 3 aliphatic heterocycles. The molecule has 0 amide bonds. The molecule has 2 aromatic heterocycles. The molecule has 14 heteroatoms. The van der Waals surface area contributed by atoms with Crippen LogP contribution in [0.25, 0.3) is 22.4 Å². The molecule has 6 rings (SSSR count). The Balaban J connectivity index is 1.28. The van der Waals surface area contributed by atoms with Gasteiger partial charge in [-0.05, 0) is 67.5 Å². The molecule has 0 saturated carbocycles. The van der Waals surface area contributed by atoms with Crippen molar-refractivity contribution >= 4 is 24.7 Å². The summed E-state index contributed by atoms with van der Waals surface area (Å²) >= 11 is 0. The van der Waals surface area contributed by atoms with E-state index in [9.17, 15) is 4.57 Å². The van der Waals surface area contributed by atoms with E-state index in [-0.39, 0.29) is 6.61 Å². The Kier molecular flexibility index (Phi) is 8.62. The van der Waals surface area contributed by atoms with Gasteiger partial charge in [0.05, 0.1) is 37.4 Å². The van der Waals surface area contributed by atoms with E-state index >= 15 is 0 Å². The summed E-state index contributed by atoms with van der Waals surface area (Å²) in [5.41, 5.74) is 2.44. The van der Waals surface area contributed by atoms with E-state index in [1.54, 1.807) is 47.9 Å². The van der Waals surface area contributed by atoms with Gasteiger partial charge in [0.25, 0.3) is 0 Å². The van der Waals surface area contributed by atoms with Crippen molar-refractivity contribution in [3.8, 4) is 11.3 Å². The number of phosphoric ester groups is 1. The number of hydrogen-bond acceptors (Lipinski definition) is 12. The van der Waals surface area contributed by atoms with Crippen molar-refractivity contribution in [1.29, 1.82) is 0 Å². The molecule has 3 aliphatic rings. The first-order valence-electron chi connectivity index (χ1n) is 15.4. The van der Waals surface area contributed by atoms with Gasteiger partial charge in [-0.15, -0.1) is 0 Å². The van der Waals surface area contributed by atoms with Crippen LogP contribution in [0.4, 0.5) is 5.69 Å². The number of benzene rings is 1. The highest BCUT2D eigenvalue weighted by atomic mass is 31.2. The van der Waals surface area contributed by atoms with Gasteiger partial charge in [-0.25, -0.2) is 19.5 Å². The van der Waals surface area contributed by atoms with Gasteiger partial charge in [0.2, 0.25) is 0 Å². The molecule has 3 aromatic rings. The Morgan fingerprint density at radius 3 is 2.36 bits per heavy atom. The molecule has 0 radical (unpaired) electrons. The van der Waals surface area contributed by atoms with Crippen molar-refractivity contribution in [3.63, 3.8) is 0 Å².